The average molecular weight is 575 g/mol. The third-order valence-electron chi connectivity index (χ3n) is 12.5. The van der Waals surface area contributed by atoms with Crippen molar-refractivity contribution in [3.8, 4) is 0 Å². The van der Waals surface area contributed by atoms with Crippen molar-refractivity contribution in [2.75, 3.05) is 0 Å². The summed E-state index contributed by atoms with van der Waals surface area (Å²) < 4.78 is 2.61. The van der Waals surface area contributed by atoms with Crippen molar-refractivity contribution < 1.29 is 0 Å². The van der Waals surface area contributed by atoms with Crippen molar-refractivity contribution in [2.45, 2.75) is 118 Å². The maximum Gasteiger partial charge on any atom is 0.223 e. The Kier molecular flexibility index (Phi) is 7.30. The molecule has 4 bridgehead atoms. The molecular formula is C40H55BN2. The Morgan fingerprint density at radius 3 is 1.79 bits per heavy atom. The zero-order valence-electron chi connectivity index (χ0n) is 28.4. The van der Waals surface area contributed by atoms with Gasteiger partial charge in [-0.1, -0.05) is 45.4 Å². The maximum atomic E-state index is 5.67. The van der Waals surface area contributed by atoms with Crippen LogP contribution in [0.5, 0.6) is 0 Å². The van der Waals surface area contributed by atoms with E-state index in [0.717, 1.165) is 35.5 Å². The fourth-order valence-corrected chi connectivity index (χ4v) is 12.1. The molecule has 4 fully saturated rings. The van der Waals surface area contributed by atoms with Gasteiger partial charge in [0.15, 0.2) is 0 Å². The van der Waals surface area contributed by atoms with Crippen LogP contribution in [-0.2, 0) is 5.41 Å². The van der Waals surface area contributed by atoms with Crippen LogP contribution in [0, 0.1) is 61.7 Å². The van der Waals surface area contributed by atoms with Crippen molar-refractivity contribution in [1.29, 1.82) is 0 Å². The molecule has 4 unspecified atom stereocenters. The summed E-state index contributed by atoms with van der Waals surface area (Å²) >= 11 is 0. The van der Waals surface area contributed by atoms with E-state index < -0.39 is 0 Å². The molecule has 1 aromatic heterocycles. The van der Waals surface area contributed by atoms with E-state index in [9.17, 15) is 0 Å². The predicted molar refractivity (Wildman–Crippen MR) is 186 cm³/mol. The minimum atomic E-state index is 0.255. The molecule has 4 atom stereocenters. The van der Waals surface area contributed by atoms with Crippen LogP contribution < -0.4 is 0 Å². The number of hydrogen-bond donors (Lipinski definition) is 0. The second kappa shape index (κ2) is 10.7. The Morgan fingerprint density at radius 2 is 1.23 bits per heavy atom. The normalized spacial score (nSPS) is 38.3. The molecule has 0 amide bonds. The zero-order valence-corrected chi connectivity index (χ0v) is 28.4. The Balaban J connectivity index is 1.38. The summed E-state index contributed by atoms with van der Waals surface area (Å²) in [5.41, 5.74) is 12.9. The van der Waals surface area contributed by atoms with Gasteiger partial charge in [-0.15, -0.1) is 0 Å². The van der Waals surface area contributed by atoms with Gasteiger partial charge in [-0.05, 0) is 161 Å². The van der Waals surface area contributed by atoms with E-state index >= 15 is 0 Å². The van der Waals surface area contributed by atoms with Crippen molar-refractivity contribution >= 4 is 19.3 Å². The highest BCUT2D eigenvalue weighted by Crippen LogP contribution is 2.56. The van der Waals surface area contributed by atoms with Crippen molar-refractivity contribution in [3.63, 3.8) is 0 Å². The molecule has 43 heavy (non-hydrogen) atoms. The van der Waals surface area contributed by atoms with Gasteiger partial charge in [-0.25, -0.2) is 0 Å². The molecule has 0 radical (unpaired) electrons. The fraction of sp³-hybridized carbons (Fsp3) is 0.625. The predicted octanol–water partition coefficient (Wildman–Crippen LogP) is 9.54. The molecule has 3 heteroatoms. The SMILES string of the molecule is Bn1c(/C(=C2/C=CC(C34CC(C)CC(CC(C)C3)C4)=N2)c2c(C)cc(C)cc2C)ccc1C12CC(C)CC(CC(C)C1)C2. The first-order valence-corrected chi connectivity index (χ1v) is 17.7. The van der Waals surface area contributed by atoms with Crippen LogP contribution in [0.3, 0.4) is 0 Å². The minimum absolute atomic E-state index is 0.255. The second-order valence-corrected chi connectivity index (χ2v) is 16.9. The summed E-state index contributed by atoms with van der Waals surface area (Å²) in [6.07, 6.45) is 18.5. The van der Waals surface area contributed by atoms with E-state index in [2.05, 4.69) is 97.3 Å². The molecule has 1 aromatic carbocycles. The number of allylic oxidation sites excluding steroid dienone is 2. The Labute approximate surface area is 263 Å². The summed E-state index contributed by atoms with van der Waals surface area (Å²) in [6, 6.07) is 9.72. The number of aromatic nitrogens is 1. The van der Waals surface area contributed by atoms with Crippen LogP contribution in [0.15, 0.2) is 47.1 Å². The van der Waals surface area contributed by atoms with E-state index in [0.29, 0.717) is 5.41 Å². The zero-order chi connectivity index (χ0) is 30.3. The van der Waals surface area contributed by atoms with Gasteiger partial charge >= 0.3 is 0 Å². The first-order chi connectivity index (χ1) is 20.4. The number of fused-ring (bicyclic) bond motifs is 4. The number of rotatable bonds is 4. The molecule has 4 aliphatic carbocycles. The lowest BCUT2D eigenvalue weighted by Gasteiger charge is -2.50. The summed E-state index contributed by atoms with van der Waals surface area (Å²) in [5, 5.41) is 0. The van der Waals surface area contributed by atoms with E-state index in [1.807, 2.05) is 0 Å². The van der Waals surface area contributed by atoms with E-state index in [1.165, 1.54) is 109 Å². The maximum absolute atomic E-state index is 5.67. The molecule has 0 spiro atoms. The largest absolute Gasteiger partial charge is 0.396 e. The topological polar surface area (TPSA) is 17.3 Å². The Bertz CT molecular complexity index is 1450. The van der Waals surface area contributed by atoms with E-state index in [4.69, 9.17) is 4.99 Å². The Hall–Kier alpha value is -2.29. The summed E-state index contributed by atoms with van der Waals surface area (Å²) in [5.74, 6) is 4.97. The van der Waals surface area contributed by atoms with Crippen molar-refractivity contribution in [1.82, 2.24) is 4.48 Å². The van der Waals surface area contributed by atoms with Gasteiger partial charge in [0.2, 0.25) is 7.98 Å². The second-order valence-electron chi connectivity index (χ2n) is 16.9. The number of nitrogens with zero attached hydrogens (tertiary/aromatic N) is 2. The van der Waals surface area contributed by atoms with Crippen LogP contribution in [0.1, 0.15) is 126 Å². The molecule has 0 N–H and O–H groups in total. The highest BCUT2D eigenvalue weighted by Gasteiger charge is 2.48. The molecule has 7 rings (SSSR count). The highest BCUT2D eigenvalue weighted by molar-refractivity contribution is 6.10. The van der Waals surface area contributed by atoms with E-state index in [1.54, 1.807) is 5.69 Å². The first kappa shape index (κ1) is 29.4. The lowest BCUT2D eigenvalue weighted by atomic mass is 9.55. The number of aryl methyl sites for hydroxylation is 3. The fourth-order valence-electron chi connectivity index (χ4n) is 12.1. The molecule has 4 saturated carbocycles. The molecule has 228 valence electrons. The van der Waals surface area contributed by atoms with Crippen molar-refractivity contribution in [3.05, 3.63) is 75.8 Å². The molecule has 1 aliphatic heterocycles. The summed E-state index contributed by atoms with van der Waals surface area (Å²) in [7, 11) is 2.37. The third kappa shape index (κ3) is 5.05. The Morgan fingerprint density at radius 1 is 0.721 bits per heavy atom. The molecule has 2 aromatic rings. The number of benzene rings is 1. The molecular weight excluding hydrogens is 519 g/mol. The van der Waals surface area contributed by atoms with Crippen LogP contribution in [0.25, 0.3) is 5.57 Å². The smallest absolute Gasteiger partial charge is 0.223 e. The van der Waals surface area contributed by atoms with Gasteiger partial charge in [0, 0.05) is 33.5 Å². The van der Waals surface area contributed by atoms with Crippen LogP contribution in [0.2, 0.25) is 0 Å². The number of hydrogen-bond acceptors (Lipinski definition) is 1. The molecule has 5 aliphatic rings. The monoisotopic (exact) mass is 574 g/mol. The quantitative estimate of drug-likeness (QED) is 0.324. The van der Waals surface area contributed by atoms with Gasteiger partial charge in [0.1, 0.15) is 0 Å². The minimum Gasteiger partial charge on any atom is -0.396 e. The van der Waals surface area contributed by atoms with E-state index in [-0.39, 0.29) is 5.41 Å². The van der Waals surface area contributed by atoms with Crippen LogP contribution in [0.4, 0.5) is 0 Å². The standard InChI is InChI=1S/C40H55BN2/c1-24-12-29(6)37(30(7)13-24)38(33-8-10-35(42-33)39-18-25(2)14-31(22-39)15-26(3)19-39)34-9-11-36(43(34)41)40-20-27(4)16-32(23-40)17-28(5)21-40/h8-13,25-28,31-32H,14-23,41H2,1-7H3/b38-33+. The van der Waals surface area contributed by atoms with Crippen LogP contribution in [-0.4, -0.2) is 18.2 Å². The van der Waals surface area contributed by atoms with Gasteiger partial charge in [-0.2, -0.15) is 0 Å². The number of aliphatic imine (C=N–C) groups is 1. The van der Waals surface area contributed by atoms with Gasteiger partial charge in [0.05, 0.1) is 5.70 Å². The highest BCUT2D eigenvalue weighted by atomic mass is 14.9. The average Bonchev–Trinajstić information content (AvgIpc) is 3.52. The third-order valence-corrected chi connectivity index (χ3v) is 12.5. The van der Waals surface area contributed by atoms with Gasteiger partial charge in [0.25, 0.3) is 0 Å². The van der Waals surface area contributed by atoms with Gasteiger partial charge in [-0.3, -0.25) is 4.99 Å². The first-order valence-electron chi connectivity index (χ1n) is 17.7. The lowest BCUT2D eigenvalue weighted by Crippen LogP contribution is -2.43. The van der Waals surface area contributed by atoms with Gasteiger partial charge < -0.3 is 4.48 Å². The summed E-state index contributed by atoms with van der Waals surface area (Å²) in [6.45, 7) is 16.9. The van der Waals surface area contributed by atoms with Crippen molar-refractivity contribution in [2.24, 2.45) is 45.9 Å². The summed E-state index contributed by atoms with van der Waals surface area (Å²) in [4.78, 5) is 5.67. The lowest BCUT2D eigenvalue weighted by molar-refractivity contribution is 0.0710. The van der Waals surface area contributed by atoms with Crippen LogP contribution >= 0.6 is 0 Å². The molecule has 2 heterocycles. The molecule has 0 saturated heterocycles. The molecule has 2 nitrogen and oxygen atoms in total.